The number of carbonyl (C=O) groups is 2. The van der Waals surface area contributed by atoms with E-state index in [1.165, 1.54) is 17.4 Å². The van der Waals surface area contributed by atoms with Gasteiger partial charge in [0.05, 0.1) is 4.88 Å². The van der Waals surface area contributed by atoms with Gasteiger partial charge in [0.15, 0.2) is 0 Å². The van der Waals surface area contributed by atoms with Crippen molar-refractivity contribution in [1.82, 2.24) is 5.32 Å². The van der Waals surface area contributed by atoms with Gasteiger partial charge < -0.3 is 14.5 Å². The van der Waals surface area contributed by atoms with E-state index in [2.05, 4.69) is 5.32 Å². The molecule has 6 nitrogen and oxygen atoms in total. The van der Waals surface area contributed by atoms with Gasteiger partial charge in [-0.15, -0.1) is 11.3 Å². The number of rotatable bonds is 6. The fourth-order valence-electron chi connectivity index (χ4n) is 3.00. The Hall–Kier alpha value is -2.93. The van der Waals surface area contributed by atoms with Gasteiger partial charge in [0.2, 0.25) is 0 Å². The molecule has 1 aromatic carbocycles. The third kappa shape index (κ3) is 4.56. The Morgan fingerprint density at radius 2 is 1.97 bits per heavy atom. The van der Waals surface area contributed by atoms with Crippen LogP contribution in [-0.4, -0.2) is 17.9 Å². The molecule has 0 unspecified atom stereocenters. The molecule has 3 rings (SSSR count). The van der Waals surface area contributed by atoms with Crippen LogP contribution in [0.5, 0.6) is 0 Å². The van der Waals surface area contributed by atoms with Crippen LogP contribution >= 0.6 is 11.3 Å². The molecular weight excluding hydrogens is 390 g/mol. The number of nitrogens with one attached hydrogen (secondary N) is 1. The minimum Gasteiger partial charge on any atom is -0.459 e. The normalized spacial score (nSPS) is 12.2. The summed E-state index contributed by atoms with van der Waals surface area (Å²) in [4.78, 5) is 37.5. The van der Waals surface area contributed by atoms with Crippen LogP contribution in [0.15, 0.2) is 44.9 Å². The van der Waals surface area contributed by atoms with E-state index in [-0.39, 0.29) is 18.4 Å². The fourth-order valence-corrected chi connectivity index (χ4v) is 3.63. The molecule has 0 aliphatic carbocycles. The second-order valence-corrected chi connectivity index (χ2v) is 8.20. The van der Waals surface area contributed by atoms with Crippen LogP contribution in [-0.2, 0) is 16.1 Å². The second kappa shape index (κ2) is 8.61. The third-order valence-electron chi connectivity index (χ3n) is 4.84. The van der Waals surface area contributed by atoms with E-state index in [4.69, 9.17) is 9.15 Å². The summed E-state index contributed by atoms with van der Waals surface area (Å²) in [6.45, 7) is 7.40. The summed E-state index contributed by atoms with van der Waals surface area (Å²) in [5, 5.41) is 5.26. The van der Waals surface area contributed by atoms with Crippen LogP contribution in [0.3, 0.4) is 0 Å². The Morgan fingerprint density at radius 3 is 2.62 bits per heavy atom. The van der Waals surface area contributed by atoms with Crippen molar-refractivity contribution >= 4 is 34.2 Å². The summed E-state index contributed by atoms with van der Waals surface area (Å²) in [7, 11) is 0. The molecule has 0 aliphatic rings. The number of benzene rings is 1. The van der Waals surface area contributed by atoms with E-state index in [1.807, 2.05) is 39.8 Å². The first-order chi connectivity index (χ1) is 13.8. The predicted octanol–water partition coefficient (Wildman–Crippen LogP) is 3.97. The summed E-state index contributed by atoms with van der Waals surface area (Å²) >= 11 is 1.30. The molecule has 0 radical (unpaired) electrons. The average molecular weight is 413 g/mol. The van der Waals surface area contributed by atoms with E-state index >= 15 is 0 Å². The molecule has 0 saturated heterocycles. The smallest absolute Gasteiger partial charge is 0.336 e. The monoisotopic (exact) mass is 413 g/mol. The summed E-state index contributed by atoms with van der Waals surface area (Å²) in [5.74, 6) is -1.02. The highest BCUT2D eigenvalue weighted by molar-refractivity contribution is 7.12. The Morgan fingerprint density at radius 1 is 1.21 bits per heavy atom. The highest BCUT2D eigenvalue weighted by Crippen LogP contribution is 2.24. The van der Waals surface area contributed by atoms with Gasteiger partial charge in [-0.1, -0.05) is 32.0 Å². The van der Waals surface area contributed by atoms with Crippen LogP contribution in [0.4, 0.5) is 0 Å². The maximum atomic E-state index is 12.7. The highest BCUT2D eigenvalue weighted by atomic mass is 32.1. The maximum Gasteiger partial charge on any atom is 0.336 e. The molecule has 1 amide bonds. The zero-order valence-electron chi connectivity index (χ0n) is 16.8. The number of hydrogen-bond donors (Lipinski definition) is 1. The van der Waals surface area contributed by atoms with E-state index in [0.29, 0.717) is 16.0 Å². The highest BCUT2D eigenvalue weighted by Gasteiger charge is 2.26. The molecule has 0 spiro atoms. The van der Waals surface area contributed by atoms with Gasteiger partial charge in [0, 0.05) is 17.0 Å². The van der Waals surface area contributed by atoms with Crippen LogP contribution in [0.2, 0.25) is 0 Å². The number of thiophene rings is 1. The van der Waals surface area contributed by atoms with Gasteiger partial charge in [-0.2, -0.15) is 0 Å². The largest absolute Gasteiger partial charge is 0.459 e. The van der Waals surface area contributed by atoms with Crippen LogP contribution in [0.25, 0.3) is 11.0 Å². The molecule has 2 heterocycles. The van der Waals surface area contributed by atoms with Crippen molar-refractivity contribution < 1.29 is 18.7 Å². The molecule has 7 heteroatoms. The molecule has 0 aliphatic heterocycles. The van der Waals surface area contributed by atoms with Gasteiger partial charge in [-0.3, -0.25) is 4.79 Å². The van der Waals surface area contributed by atoms with Crippen molar-refractivity contribution in [3.63, 3.8) is 0 Å². The number of ether oxygens (including phenoxy) is 1. The van der Waals surface area contributed by atoms with Gasteiger partial charge in [0.1, 0.15) is 18.2 Å². The first kappa shape index (κ1) is 20.8. The SMILES string of the molecule is Cc1ccc2c(COC(=O)[C@H](NC(=O)c3cccs3)C(C)C)cc(=O)oc2c1C. The molecule has 2 aromatic heterocycles. The van der Waals surface area contributed by atoms with Gasteiger partial charge in [0.25, 0.3) is 5.91 Å². The molecule has 29 heavy (non-hydrogen) atoms. The lowest BCUT2D eigenvalue weighted by Gasteiger charge is -2.20. The quantitative estimate of drug-likeness (QED) is 0.488. The van der Waals surface area contributed by atoms with Crippen LogP contribution in [0, 0.1) is 19.8 Å². The summed E-state index contributed by atoms with van der Waals surface area (Å²) < 4.78 is 10.8. The van der Waals surface area contributed by atoms with Gasteiger partial charge >= 0.3 is 11.6 Å². The number of fused-ring (bicyclic) bond motifs is 1. The molecule has 3 aromatic rings. The number of aryl methyl sites for hydroxylation is 2. The first-order valence-electron chi connectivity index (χ1n) is 9.32. The summed E-state index contributed by atoms with van der Waals surface area (Å²) in [6.07, 6.45) is 0. The Bertz CT molecular complexity index is 1100. The predicted molar refractivity (Wildman–Crippen MR) is 112 cm³/mol. The lowest BCUT2D eigenvalue weighted by Crippen LogP contribution is -2.45. The summed E-state index contributed by atoms with van der Waals surface area (Å²) in [5.41, 5.74) is 2.44. The topological polar surface area (TPSA) is 85.6 Å². The van der Waals surface area contributed by atoms with E-state index in [1.54, 1.807) is 17.5 Å². The maximum absolute atomic E-state index is 12.7. The minimum absolute atomic E-state index is 0.0818. The van der Waals surface area contributed by atoms with Crippen molar-refractivity contribution in [3.05, 3.63) is 67.7 Å². The zero-order valence-corrected chi connectivity index (χ0v) is 17.6. The first-order valence-corrected chi connectivity index (χ1v) is 10.2. The molecule has 0 bridgehead atoms. The van der Waals surface area contributed by atoms with Gasteiger partial charge in [-0.05, 0) is 42.3 Å². The Kier molecular flexibility index (Phi) is 6.17. The van der Waals surface area contributed by atoms with Crippen LogP contribution in [0.1, 0.15) is 40.2 Å². The third-order valence-corrected chi connectivity index (χ3v) is 5.71. The van der Waals surface area contributed by atoms with E-state index in [9.17, 15) is 14.4 Å². The molecular formula is C22H23NO5S. The molecule has 152 valence electrons. The molecule has 1 atom stereocenters. The number of esters is 1. The molecule has 1 N–H and O–H groups in total. The number of carbonyl (C=O) groups excluding carboxylic acids is 2. The summed E-state index contributed by atoms with van der Waals surface area (Å²) in [6, 6.07) is 7.79. The van der Waals surface area contributed by atoms with Crippen molar-refractivity contribution in [2.45, 2.75) is 40.3 Å². The average Bonchev–Trinajstić information content (AvgIpc) is 3.21. The second-order valence-electron chi connectivity index (χ2n) is 7.25. The van der Waals surface area contributed by atoms with Crippen LogP contribution < -0.4 is 10.9 Å². The van der Waals surface area contributed by atoms with E-state index < -0.39 is 17.6 Å². The lowest BCUT2D eigenvalue weighted by molar-refractivity contribution is -0.148. The minimum atomic E-state index is -0.792. The standard InChI is InChI=1S/C22H23NO5S/c1-12(2)19(23-21(25)17-6-5-9-29-17)22(26)27-11-15-10-18(24)28-20-14(4)13(3)7-8-16(15)20/h5-10,12,19H,11H2,1-4H3,(H,23,25)/t19-/m1/s1. The molecule has 0 fully saturated rings. The van der Waals surface area contributed by atoms with Crippen molar-refractivity contribution in [2.24, 2.45) is 5.92 Å². The van der Waals surface area contributed by atoms with Crippen molar-refractivity contribution in [3.8, 4) is 0 Å². The number of hydrogen-bond acceptors (Lipinski definition) is 6. The lowest BCUT2D eigenvalue weighted by atomic mass is 10.0. The fraction of sp³-hybridized carbons (Fsp3) is 0.318. The number of amides is 1. The van der Waals surface area contributed by atoms with Crippen molar-refractivity contribution in [2.75, 3.05) is 0 Å². The van der Waals surface area contributed by atoms with E-state index in [0.717, 1.165) is 16.5 Å². The van der Waals surface area contributed by atoms with Crippen molar-refractivity contribution in [1.29, 1.82) is 0 Å². The van der Waals surface area contributed by atoms with Gasteiger partial charge in [-0.25, -0.2) is 9.59 Å². The molecule has 0 saturated carbocycles. The Balaban J connectivity index is 1.79. The zero-order chi connectivity index (χ0) is 21.1. The Labute approximate surface area is 172 Å².